The third kappa shape index (κ3) is 3.62. The minimum Gasteiger partial charge on any atom is -0.383 e. The summed E-state index contributed by atoms with van der Waals surface area (Å²) >= 11 is 0. The molecule has 4 nitrogen and oxygen atoms in total. The first-order valence-electron chi connectivity index (χ1n) is 7.91. The molecule has 0 spiro atoms. The Hall–Kier alpha value is -1.86. The maximum atomic E-state index is 12.9. The molecule has 1 aliphatic rings. The first kappa shape index (κ1) is 17.0. The van der Waals surface area contributed by atoms with Crippen LogP contribution in [-0.2, 0) is 10.9 Å². The molecule has 1 fully saturated rings. The number of hydrogen-bond donors (Lipinski definition) is 0. The van der Waals surface area contributed by atoms with Gasteiger partial charge < -0.3 is 9.64 Å². The predicted molar refractivity (Wildman–Crippen MR) is 87.3 cm³/mol. The van der Waals surface area contributed by atoms with Crippen LogP contribution in [0.3, 0.4) is 0 Å². The highest BCUT2D eigenvalue weighted by Crippen LogP contribution is 2.33. The second-order valence-electron chi connectivity index (χ2n) is 5.88. The summed E-state index contributed by atoms with van der Waals surface area (Å²) < 4.78 is 43.7. The lowest BCUT2D eigenvalue weighted by molar-refractivity contribution is -0.137. The number of fused-ring (bicyclic) bond motifs is 1. The van der Waals surface area contributed by atoms with E-state index in [0.29, 0.717) is 12.1 Å². The van der Waals surface area contributed by atoms with Crippen LogP contribution in [0.2, 0.25) is 0 Å². The van der Waals surface area contributed by atoms with Crippen molar-refractivity contribution in [3.8, 4) is 0 Å². The fourth-order valence-electron chi connectivity index (χ4n) is 3.02. The number of benzene rings is 1. The van der Waals surface area contributed by atoms with Crippen molar-refractivity contribution < 1.29 is 17.9 Å². The Labute approximate surface area is 138 Å². The molecule has 7 heteroatoms. The van der Waals surface area contributed by atoms with Crippen molar-refractivity contribution in [1.29, 1.82) is 0 Å². The largest absolute Gasteiger partial charge is 0.416 e. The average Bonchev–Trinajstić information content (AvgIpc) is 2.58. The van der Waals surface area contributed by atoms with E-state index in [2.05, 4.69) is 14.8 Å². The molecule has 2 heterocycles. The van der Waals surface area contributed by atoms with Crippen molar-refractivity contribution >= 4 is 16.6 Å². The lowest BCUT2D eigenvalue weighted by atomic mass is 10.1. The normalized spacial score (nSPS) is 16.8. The van der Waals surface area contributed by atoms with E-state index in [0.717, 1.165) is 55.9 Å². The first-order valence-corrected chi connectivity index (χ1v) is 7.91. The molecule has 0 unspecified atom stereocenters. The van der Waals surface area contributed by atoms with Crippen LogP contribution >= 0.6 is 0 Å². The van der Waals surface area contributed by atoms with E-state index in [1.54, 1.807) is 13.3 Å². The molecule has 0 amide bonds. The van der Waals surface area contributed by atoms with E-state index in [1.165, 1.54) is 6.07 Å². The summed E-state index contributed by atoms with van der Waals surface area (Å²) in [5.74, 6) is 0. The summed E-state index contributed by atoms with van der Waals surface area (Å²) in [7, 11) is 1.69. The molecule has 0 aliphatic carbocycles. The van der Waals surface area contributed by atoms with Crippen molar-refractivity contribution in [1.82, 2.24) is 9.88 Å². The number of ether oxygens (including phenoxy) is 1. The molecular weight excluding hydrogens is 319 g/mol. The van der Waals surface area contributed by atoms with Crippen molar-refractivity contribution in [2.75, 3.05) is 51.3 Å². The van der Waals surface area contributed by atoms with Crippen LogP contribution in [0.25, 0.3) is 10.9 Å². The number of halogens is 3. The van der Waals surface area contributed by atoms with E-state index < -0.39 is 11.7 Å². The third-order valence-corrected chi connectivity index (χ3v) is 4.37. The molecule has 1 aliphatic heterocycles. The van der Waals surface area contributed by atoms with Crippen LogP contribution in [0, 0.1) is 0 Å². The Morgan fingerprint density at radius 2 is 1.88 bits per heavy atom. The molecule has 130 valence electrons. The maximum Gasteiger partial charge on any atom is 0.416 e. The Kier molecular flexibility index (Phi) is 4.91. The monoisotopic (exact) mass is 339 g/mol. The topological polar surface area (TPSA) is 28.6 Å². The zero-order chi connectivity index (χ0) is 17.2. The van der Waals surface area contributed by atoms with Gasteiger partial charge in [0.05, 0.1) is 17.7 Å². The number of nitrogens with zero attached hydrogens (tertiary/aromatic N) is 3. The van der Waals surface area contributed by atoms with E-state index in [1.807, 2.05) is 6.07 Å². The van der Waals surface area contributed by atoms with Crippen LogP contribution in [-0.4, -0.2) is 56.3 Å². The number of alkyl halides is 3. The van der Waals surface area contributed by atoms with E-state index in [4.69, 9.17) is 4.74 Å². The summed E-state index contributed by atoms with van der Waals surface area (Å²) in [4.78, 5) is 8.65. The second kappa shape index (κ2) is 6.94. The average molecular weight is 339 g/mol. The molecule has 24 heavy (non-hydrogen) atoms. The van der Waals surface area contributed by atoms with Gasteiger partial charge in [-0.25, -0.2) is 0 Å². The number of hydrogen-bond acceptors (Lipinski definition) is 4. The highest BCUT2D eigenvalue weighted by atomic mass is 19.4. The van der Waals surface area contributed by atoms with Crippen LogP contribution < -0.4 is 4.90 Å². The summed E-state index contributed by atoms with van der Waals surface area (Å²) in [6, 6.07) is 5.65. The first-order chi connectivity index (χ1) is 11.5. The van der Waals surface area contributed by atoms with E-state index >= 15 is 0 Å². The zero-order valence-electron chi connectivity index (χ0n) is 13.5. The van der Waals surface area contributed by atoms with Gasteiger partial charge in [-0.15, -0.1) is 0 Å². The Morgan fingerprint density at radius 1 is 1.12 bits per heavy atom. The highest BCUT2D eigenvalue weighted by molar-refractivity contribution is 5.92. The quantitative estimate of drug-likeness (QED) is 0.856. The standard InChI is InChI=1S/C17H20F3N3O/c1-24-11-10-22-6-8-23(9-7-22)16-4-5-21-15-12-13(17(18,19)20)2-3-14(15)16/h2-5,12H,6-11H2,1H3. The van der Waals surface area contributed by atoms with Gasteiger partial charge in [-0.1, -0.05) is 6.07 Å². The van der Waals surface area contributed by atoms with Crippen LogP contribution in [0.15, 0.2) is 30.5 Å². The molecule has 1 aromatic heterocycles. The molecule has 1 aromatic carbocycles. The van der Waals surface area contributed by atoms with E-state index in [9.17, 15) is 13.2 Å². The van der Waals surface area contributed by atoms with Gasteiger partial charge in [0.1, 0.15) is 0 Å². The van der Waals surface area contributed by atoms with Crippen molar-refractivity contribution in [3.05, 3.63) is 36.0 Å². The summed E-state index contributed by atoms with van der Waals surface area (Å²) in [6.45, 7) is 5.10. The number of methoxy groups -OCH3 is 1. The number of pyridine rings is 1. The highest BCUT2D eigenvalue weighted by Gasteiger charge is 2.31. The molecular formula is C17H20F3N3O. The minimum atomic E-state index is -4.35. The Bertz CT molecular complexity index is 697. The van der Waals surface area contributed by atoms with Crippen LogP contribution in [0.5, 0.6) is 0 Å². The maximum absolute atomic E-state index is 12.9. The molecule has 0 bridgehead atoms. The van der Waals surface area contributed by atoms with Gasteiger partial charge >= 0.3 is 6.18 Å². The fourth-order valence-corrected chi connectivity index (χ4v) is 3.02. The van der Waals surface area contributed by atoms with Gasteiger partial charge in [-0.2, -0.15) is 13.2 Å². The van der Waals surface area contributed by atoms with Gasteiger partial charge in [0, 0.05) is 57.1 Å². The van der Waals surface area contributed by atoms with Crippen molar-refractivity contribution in [3.63, 3.8) is 0 Å². The van der Waals surface area contributed by atoms with Gasteiger partial charge in [0.2, 0.25) is 0 Å². The molecule has 0 N–H and O–H groups in total. The summed E-state index contributed by atoms with van der Waals surface area (Å²) in [5.41, 5.74) is 0.660. The molecule has 0 radical (unpaired) electrons. The van der Waals surface area contributed by atoms with E-state index in [-0.39, 0.29) is 0 Å². The second-order valence-corrected chi connectivity index (χ2v) is 5.88. The van der Waals surface area contributed by atoms with Crippen molar-refractivity contribution in [2.24, 2.45) is 0 Å². The lowest BCUT2D eigenvalue weighted by Gasteiger charge is -2.36. The van der Waals surface area contributed by atoms with Gasteiger partial charge in [0.15, 0.2) is 0 Å². The van der Waals surface area contributed by atoms with Gasteiger partial charge in [0.25, 0.3) is 0 Å². The SMILES string of the molecule is COCCN1CCN(c2ccnc3cc(C(F)(F)F)ccc23)CC1. The number of rotatable bonds is 4. The Balaban J connectivity index is 1.81. The predicted octanol–water partition coefficient (Wildman–Crippen LogP) is 3.02. The van der Waals surface area contributed by atoms with Crippen molar-refractivity contribution in [2.45, 2.75) is 6.18 Å². The number of anilines is 1. The Morgan fingerprint density at radius 3 is 2.54 bits per heavy atom. The summed E-state index contributed by atoms with van der Waals surface area (Å²) in [5, 5.41) is 0.760. The van der Waals surface area contributed by atoms with Crippen LogP contribution in [0.4, 0.5) is 18.9 Å². The van der Waals surface area contributed by atoms with Gasteiger partial charge in [-0.3, -0.25) is 9.88 Å². The molecule has 0 atom stereocenters. The molecule has 1 saturated heterocycles. The molecule has 0 saturated carbocycles. The smallest absolute Gasteiger partial charge is 0.383 e. The molecule has 3 rings (SSSR count). The zero-order valence-corrected chi connectivity index (χ0v) is 13.5. The van der Waals surface area contributed by atoms with Crippen LogP contribution in [0.1, 0.15) is 5.56 Å². The third-order valence-electron chi connectivity index (χ3n) is 4.37. The van der Waals surface area contributed by atoms with Gasteiger partial charge in [-0.05, 0) is 18.2 Å². The number of aromatic nitrogens is 1. The lowest BCUT2D eigenvalue weighted by Crippen LogP contribution is -2.47. The molecule has 2 aromatic rings. The summed E-state index contributed by atoms with van der Waals surface area (Å²) in [6.07, 6.45) is -2.77. The fraction of sp³-hybridized carbons (Fsp3) is 0.471. The number of piperazine rings is 1. The minimum absolute atomic E-state index is 0.379.